The molecule has 28 heavy (non-hydrogen) atoms. The summed E-state index contributed by atoms with van der Waals surface area (Å²) in [6.45, 7) is 8.99. The van der Waals surface area contributed by atoms with Crippen LogP contribution in [0.4, 0.5) is 0 Å². The summed E-state index contributed by atoms with van der Waals surface area (Å²) < 4.78 is 0. The Balaban J connectivity index is 1.42. The van der Waals surface area contributed by atoms with Gasteiger partial charge in [0.1, 0.15) is 0 Å². The topological polar surface area (TPSA) is 20.2 Å². The molecule has 0 aliphatic heterocycles. The number of rotatable bonds is 6. The number of allylic oxidation sites excluding steroid dienone is 6. The zero-order valence-corrected chi connectivity index (χ0v) is 19.3. The van der Waals surface area contributed by atoms with Crippen LogP contribution in [-0.2, 0) is 0 Å². The maximum absolute atomic E-state index is 9.90. The molecule has 4 rings (SSSR count). The molecule has 0 heterocycles. The van der Waals surface area contributed by atoms with Gasteiger partial charge >= 0.3 is 0 Å². The van der Waals surface area contributed by atoms with E-state index in [9.17, 15) is 5.11 Å². The van der Waals surface area contributed by atoms with E-state index in [0.717, 1.165) is 24.0 Å². The van der Waals surface area contributed by atoms with Crippen LogP contribution in [0, 0.1) is 22.7 Å². The molecule has 4 atom stereocenters. The van der Waals surface area contributed by atoms with Crippen LogP contribution in [-0.4, -0.2) is 22.2 Å². The Morgan fingerprint density at radius 3 is 2.68 bits per heavy atom. The highest BCUT2D eigenvalue weighted by Crippen LogP contribution is 2.63. The van der Waals surface area contributed by atoms with Gasteiger partial charge in [0.25, 0.3) is 0 Å². The van der Waals surface area contributed by atoms with E-state index in [1.165, 1.54) is 57.1 Å². The zero-order chi connectivity index (χ0) is 20.0. The van der Waals surface area contributed by atoms with E-state index < -0.39 is 5.60 Å². The first-order chi connectivity index (χ1) is 13.2. The third-order valence-corrected chi connectivity index (χ3v) is 9.59. The van der Waals surface area contributed by atoms with Crippen molar-refractivity contribution < 1.29 is 5.11 Å². The van der Waals surface area contributed by atoms with Crippen LogP contribution in [0.3, 0.4) is 0 Å². The standard InChI is InChI=1S/C26H40OS/c1-24(2,27)16-18-28-17-13-20-9-11-22-21-10-8-19-7-5-6-14-25(19,3)23(21)12-15-26(20,22)4/h8-10,22-23,27H,5-7,11-18H2,1-4H3/t22-,23-,25-,26+/m0/s1. The number of hydrogen-bond acceptors (Lipinski definition) is 2. The van der Waals surface area contributed by atoms with Crippen molar-refractivity contribution in [1.82, 2.24) is 0 Å². The van der Waals surface area contributed by atoms with Crippen LogP contribution in [0.25, 0.3) is 0 Å². The molecule has 0 aromatic carbocycles. The van der Waals surface area contributed by atoms with Gasteiger partial charge in [0.15, 0.2) is 0 Å². The Morgan fingerprint density at radius 2 is 1.89 bits per heavy atom. The van der Waals surface area contributed by atoms with Crippen LogP contribution in [0.2, 0.25) is 0 Å². The quantitative estimate of drug-likeness (QED) is 0.380. The molecule has 0 aromatic heterocycles. The van der Waals surface area contributed by atoms with E-state index in [-0.39, 0.29) is 0 Å². The first-order valence-electron chi connectivity index (χ1n) is 11.6. The molecular formula is C26H40OS. The van der Waals surface area contributed by atoms with E-state index in [2.05, 4.69) is 32.1 Å². The molecule has 0 amide bonds. The summed E-state index contributed by atoms with van der Waals surface area (Å²) in [5.74, 6) is 3.82. The molecule has 2 heteroatoms. The fraction of sp³-hybridized carbons (Fsp3) is 0.769. The van der Waals surface area contributed by atoms with Crippen molar-refractivity contribution in [1.29, 1.82) is 0 Å². The molecule has 2 fully saturated rings. The Labute approximate surface area is 177 Å². The van der Waals surface area contributed by atoms with Gasteiger partial charge in [0, 0.05) is 0 Å². The lowest BCUT2D eigenvalue weighted by molar-refractivity contribution is 0.0777. The van der Waals surface area contributed by atoms with Crippen molar-refractivity contribution in [3.8, 4) is 0 Å². The summed E-state index contributed by atoms with van der Waals surface area (Å²) in [5.41, 5.74) is 5.61. The maximum atomic E-state index is 9.90. The molecule has 1 nitrogen and oxygen atoms in total. The lowest BCUT2D eigenvalue weighted by atomic mass is 9.50. The molecule has 0 spiro atoms. The Bertz CT molecular complexity index is 694. The molecule has 0 radical (unpaired) electrons. The van der Waals surface area contributed by atoms with Gasteiger partial charge in [0.05, 0.1) is 5.60 Å². The average Bonchev–Trinajstić information content (AvgIpc) is 2.96. The van der Waals surface area contributed by atoms with Crippen molar-refractivity contribution in [3.05, 3.63) is 34.9 Å². The highest BCUT2D eigenvalue weighted by molar-refractivity contribution is 7.99. The van der Waals surface area contributed by atoms with Crippen molar-refractivity contribution in [2.75, 3.05) is 11.5 Å². The molecule has 0 bridgehead atoms. The Morgan fingerprint density at radius 1 is 1.07 bits per heavy atom. The lowest BCUT2D eigenvalue weighted by Gasteiger charge is -2.54. The minimum Gasteiger partial charge on any atom is -0.390 e. The third kappa shape index (κ3) is 3.69. The van der Waals surface area contributed by atoms with Crippen molar-refractivity contribution in [2.24, 2.45) is 22.7 Å². The second-order valence-electron chi connectivity index (χ2n) is 10.9. The summed E-state index contributed by atoms with van der Waals surface area (Å²) in [5, 5.41) is 9.90. The van der Waals surface area contributed by atoms with Gasteiger partial charge in [-0.1, -0.05) is 55.2 Å². The van der Waals surface area contributed by atoms with Crippen LogP contribution in [0.5, 0.6) is 0 Å². The average molecular weight is 401 g/mol. The monoisotopic (exact) mass is 400 g/mol. The molecular weight excluding hydrogens is 360 g/mol. The van der Waals surface area contributed by atoms with Crippen LogP contribution >= 0.6 is 11.8 Å². The highest BCUT2D eigenvalue weighted by Gasteiger charge is 2.53. The van der Waals surface area contributed by atoms with Crippen molar-refractivity contribution in [2.45, 2.75) is 91.1 Å². The Kier molecular flexibility index (Phi) is 5.68. The fourth-order valence-corrected chi connectivity index (χ4v) is 7.92. The summed E-state index contributed by atoms with van der Waals surface area (Å²) in [6, 6.07) is 0. The van der Waals surface area contributed by atoms with Crippen LogP contribution < -0.4 is 0 Å². The predicted molar refractivity (Wildman–Crippen MR) is 123 cm³/mol. The summed E-state index contributed by atoms with van der Waals surface area (Å²) in [7, 11) is 0. The lowest BCUT2D eigenvalue weighted by Crippen LogP contribution is -2.44. The zero-order valence-electron chi connectivity index (χ0n) is 18.5. The van der Waals surface area contributed by atoms with Gasteiger partial charge in [0.2, 0.25) is 0 Å². The minimum absolute atomic E-state index is 0.398. The third-order valence-electron chi connectivity index (χ3n) is 8.61. The van der Waals surface area contributed by atoms with Gasteiger partial charge in [-0.15, -0.1) is 0 Å². The molecule has 156 valence electrons. The van der Waals surface area contributed by atoms with Crippen LogP contribution in [0.1, 0.15) is 85.5 Å². The second kappa shape index (κ2) is 7.65. The molecule has 0 unspecified atom stereocenters. The fourth-order valence-electron chi connectivity index (χ4n) is 6.70. The van der Waals surface area contributed by atoms with E-state index in [1.807, 2.05) is 25.6 Å². The van der Waals surface area contributed by atoms with E-state index >= 15 is 0 Å². The molecule has 0 aromatic rings. The smallest absolute Gasteiger partial charge is 0.0599 e. The van der Waals surface area contributed by atoms with Crippen LogP contribution in [0.15, 0.2) is 34.9 Å². The molecule has 4 aliphatic carbocycles. The Hall–Kier alpha value is -0.470. The number of fused-ring (bicyclic) bond motifs is 5. The highest BCUT2D eigenvalue weighted by atomic mass is 32.2. The van der Waals surface area contributed by atoms with Gasteiger partial charge in [-0.25, -0.2) is 0 Å². The largest absolute Gasteiger partial charge is 0.390 e. The van der Waals surface area contributed by atoms with E-state index in [4.69, 9.17) is 0 Å². The van der Waals surface area contributed by atoms with E-state index in [1.54, 1.807) is 16.7 Å². The number of aliphatic hydroxyl groups is 1. The SMILES string of the molecule is CC(C)(O)CCSCCC1=CC[C@H]2C3=CC=C4CCCC[C@]4(C)[C@H]3CC[C@]12C. The maximum Gasteiger partial charge on any atom is 0.0599 e. The van der Waals surface area contributed by atoms with Gasteiger partial charge in [-0.05, 0) is 99.4 Å². The normalized spacial score (nSPS) is 37.4. The number of thioether (sulfide) groups is 1. The van der Waals surface area contributed by atoms with Gasteiger partial charge < -0.3 is 5.11 Å². The van der Waals surface area contributed by atoms with E-state index in [0.29, 0.717) is 10.8 Å². The molecule has 2 saturated carbocycles. The van der Waals surface area contributed by atoms with Crippen molar-refractivity contribution >= 4 is 11.8 Å². The first kappa shape index (κ1) is 20.8. The summed E-state index contributed by atoms with van der Waals surface area (Å²) in [6.07, 6.45) is 19.4. The van der Waals surface area contributed by atoms with Gasteiger partial charge in [-0.3, -0.25) is 0 Å². The molecule has 4 aliphatic rings. The summed E-state index contributed by atoms with van der Waals surface area (Å²) >= 11 is 2.02. The van der Waals surface area contributed by atoms with Crippen molar-refractivity contribution in [3.63, 3.8) is 0 Å². The predicted octanol–water partition coefficient (Wildman–Crippen LogP) is 7.08. The first-order valence-corrected chi connectivity index (χ1v) is 12.8. The molecule has 1 N–H and O–H groups in total. The summed E-state index contributed by atoms with van der Waals surface area (Å²) in [4.78, 5) is 0. The molecule has 0 saturated heterocycles. The second-order valence-corrected chi connectivity index (χ2v) is 12.2. The van der Waals surface area contributed by atoms with Gasteiger partial charge in [-0.2, -0.15) is 11.8 Å². The number of hydrogen-bond donors (Lipinski definition) is 1. The minimum atomic E-state index is -0.524.